The lowest BCUT2D eigenvalue weighted by atomic mass is 10.2. The van der Waals surface area contributed by atoms with Crippen LogP contribution in [0.3, 0.4) is 0 Å². The SMILES string of the molecule is CCCC(C(=O)OCC)S(=O)(=O)c1ccccc1Br. The minimum absolute atomic E-state index is 0.126. The summed E-state index contributed by atoms with van der Waals surface area (Å²) in [6.45, 7) is 3.66. The van der Waals surface area contributed by atoms with Crippen LogP contribution in [0.15, 0.2) is 33.6 Å². The molecule has 4 nitrogen and oxygen atoms in total. The van der Waals surface area contributed by atoms with E-state index in [0.717, 1.165) is 0 Å². The number of carbonyl (C=O) groups is 1. The molecule has 0 saturated carbocycles. The molecule has 0 aliphatic rings. The fraction of sp³-hybridized carbons (Fsp3) is 0.462. The van der Waals surface area contributed by atoms with Crippen molar-refractivity contribution in [1.29, 1.82) is 0 Å². The number of carbonyl (C=O) groups excluding carboxylic acids is 1. The first kappa shape index (κ1) is 16.2. The van der Waals surface area contributed by atoms with Crippen LogP contribution in [0, 0.1) is 0 Å². The van der Waals surface area contributed by atoms with Crippen LogP contribution in [0.2, 0.25) is 0 Å². The molecule has 1 aromatic rings. The van der Waals surface area contributed by atoms with Crippen molar-refractivity contribution in [1.82, 2.24) is 0 Å². The second kappa shape index (κ2) is 7.05. The van der Waals surface area contributed by atoms with Crippen LogP contribution in [0.1, 0.15) is 26.7 Å². The lowest BCUT2D eigenvalue weighted by Gasteiger charge is -2.16. The Hall–Kier alpha value is -0.880. The molecule has 1 atom stereocenters. The Morgan fingerprint density at radius 2 is 1.95 bits per heavy atom. The molecule has 0 bridgehead atoms. The molecule has 0 aromatic heterocycles. The summed E-state index contributed by atoms with van der Waals surface area (Å²) in [5, 5.41) is -1.14. The maximum atomic E-state index is 12.5. The van der Waals surface area contributed by atoms with E-state index in [1.807, 2.05) is 6.92 Å². The summed E-state index contributed by atoms with van der Waals surface area (Å²) in [4.78, 5) is 12.0. The Morgan fingerprint density at radius 1 is 1.32 bits per heavy atom. The van der Waals surface area contributed by atoms with Crippen molar-refractivity contribution in [2.24, 2.45) is 0 Å². The number of ether oxygens (including phenoxy) is 1. The maximum Gasteiger partial charge on any atom is 0.324 e. The van der Waals surface area contributed by atoms with Crippen molar-refractivity contribution < 1.29 is 17.9 Å². The van der Waals surface area contributed by atoms with Gasteiger partial charge in [0.15, 0.2) is 15.1 Å². The van der Waals surface area contributed by atoms with E-state index < -0.39 is 21.1 Å². The van der Waals surface area contributed by atoms with Gasteiger partial charge in [0.25, 0.3) is 0 Å². The van der Waals surface area contributed by atoms with Crippen molar-refractivity contribution >= 4 is 31.7 Å². The predicted octanol–water partition coefficient (Wildman–Crippen LogP) is 2.95. The Kier molecular flexibility index (Phi) is 6.00. The van der Waals surface area contributed by atoms with E-state index >= 15 is 0 Å². The molecule has 0 radical (unpaired) electrons. The van der Waals surface area contributed by atoms with Crippen LogP contribution in [0.25, 0.3) is 0 Å². The Balaban J connectivity index is 3.21. The van der Waals surface area contributed by atoms with Gasteiger partial charge in [-0.2, -0.15) is 0 Å². The quantitative estimate of drug-likeness (QED) is 0.741. The van der Waals surface area contributed by atoms with E-state index in [-0.39, 0.29) is 17.9 Å². The van der Waals surface area contributed by atoms with Crippen molar-refractivity contribution in [3.05, 3.63) is 28.7 Å². The lowest BCUT2D eigenvalue weighted by Crippen LogP contribution is -2.32. The molecule has 0 aliphatic heterocycles. The van der Waals surface area contributed by atoms with Crippen LogP contribution in [-0.4, -0.2) is 26.2 Å². The number of benzene rings is 1. The number of hydrogen-bond acceptors (Lipinski definition) is 4. The normalized spacial score (nSPS) is 13.0. The molecule has 19 heavy (non-hydrogen) atoms. The maximum absolute atomic E-state index is 12.5. The van der Waals surface area contributed by atoms with Gasteiger partial charge in [-0.3, -0.25) is 4.79 Å². The fourth-order valence-corrected chi connectivity index (χ4v) is 4.47. The molecule has 0 saturated heterocycles. The van der Waals surface area contributed by atoms with Gasteiger partial charge in [0.1, 0.15) is 0 Å². The number of esters is 1. The van der Waals surface area contributed by atoms with Crippen molar-refractivity contribution in [3.8, 4) is 0 Å². The smallest absolute Gasteiger partial charge is 0.324 e. The minimum Gasteiger partial charge on any atom is -0.465 e. The van der Waals surface area contributed by atoms with Gasteiger partial charge < -0.3 is 4.74 Å². The van der Waals surface area contributed by atoms with E-state index in [2.05, 4.69) is 15.9 Å². The van der Waals surface area contributed by atoms with E-state index in [0.29, 0.717) is 10.9 Å². The van der Waals surface area contributed by atoms with Crippen molar-refractivity contribution in [2.45, 2.75) is 36.8 Å². The summed E-state index contributed by atoms with van der Waals surface area (Å²) in [5.41, 5.74) is 0. The molecular formula is C13H17BrO4S. The van der Waals surface area contributed by atoms with E-state index in [1.165, 1.54) is 6.07 Å². The van der Waals surface area contributed by atoms with Crippen LogP contribution in [0.4, 0.5) is 0 Å². The highest BCUT2D eigenvalue weighted by Gasteiger charge is 2.35. The Labute approximate surface area is 122 Å². The molecule has 0 fully saturated rings. The van der Waals surface area contributed by atoms with Crippen LogP contribution in [-0.2, 0) is 19.4 Å². The largest absolute Gasteiger partial charge is 0.465 e. The molecule has 1 rings (SSSR count). The molecule has 0 N–H and O–H groups in total. The van der Waals surface area contributed by atoms with Crippen LogP contribution >= 0.6 is 15.9 Å². The van der Waals surface area contributed by atoms with Gasteiger partial charge in [-0.15, -0.1) is 0 Å². The van der Waals surface area contributed by atoms with Crippen LogP contribution in [0.5, 0.6) is 0 Å². The van der Waals surface area contributed by atoms with Gasteiger partial charge in [-0.05, 0) is 41.4 Å². The Morgan fingerprint density at radius 3 is 2.47 bits per heavy atom. The number of sulfone groups is 1. The summed E-state index contributed by atoms with van der Waals surface area (Å²) >= 11 is 3.21. The van der Waals surface area contributed by atoms with E-state index in [9.17, 15) is 13.2 Å². The number of halogens is 1. The second-order valence-electron chi connectivity index (χ2n) is 4.00. The van der Waals surface area contributed by atoms with Gasteiger partial charge in [-0.1, -0.05) is 25.5 Å². The summed E-state index contributed by atoms with van der Waals surface area (Å²) in [6.07, 6.45) is 0.843. The molecule has 1 unspecified atom stereocenters. The molecule has 0 spiro atoms. The third kappa shape index (κ3) is 3.79. The zero-order valence-corrected chi connectivity index (χ0v) is 13.3. The summed E-state index contributed by atoms with van der Waals surface area (Å²) in [6, 6.07) is 6.48. The van der Waals surface area contributed by atoms with Gasteiger partial charge in [0.2, 0.25) is 0 Å². The van der Waals surface area contributed by atoms with Crippen molar-refractivity contribution in [2.75, 3.05) is 6.61 Å². The third-order valence-corrected chi connectivity index (χ3v) is 5.72. The number of rotatable bonds is 6. The molecule has 1 aromatic carbocycles. The molecule has 6 heteroatoms. The molecule has 106 valence electrons. The zero-order chi connectivity index (χ0) is 14.5. The highest BCUT2D eigenvalue weighted by atomic mass is 79.9. The molecule has 0 amide bonds. The molecule has 0 aliphatic carbocycles. The fourth-order valence-electron chi connectivity index (χ4n) is 1.73. The highest BCUT2D eigenvalue weighted by molar-refractivity contribution is 9.10. The monoisotopic (exact) mass is 348 g/mol. The van der Waals surface area contributed by atoms with Crippen molar-refractivity contribution in [3.63, 3.8) is 0 Å². The molecular weight excluding hydrogens is 332 g/mol. The van der Waals surface area contributed by atoms with E-state index in [1.54, 1.807) is 25.1 Å². The first-order valence-electron chi connectivity index (χ1n) is 6.10. The summed E-state index contributed by atoms with van der Waals surface area (Å²) in [7, 11) is -3.74. The average Bonchev–Trinajstić information content (AvgIpc) is 2.36. The lowest BCUT2D eigenvalue weighted by molar-refractivity contribution is -0.142. The highest BCUT2D eigenvalue weighted by Crippen LogP contribution is 2.27. The van der Waals surface area contributed by atoms with Gasteiger partial charge in [-0.25, -0.2) is 8.42 Å². The van der Waals surface area contributed by atoms with Crippen LogP contribution < -0.4 is 0 Å². The summed E-state index contributed by atoms with van der Waals surface area (Å²) < 4.78 is 30.4. The minimum atomic E-state index is -3.74. The number of hydrogen-bond donors (Lipinski definition) is 0. The van der Waals surface area contributed by atoms with Gasteiger partial charge in [0, 0.05) is 4.47 Å². The van der Waals surface area contributed by atoms with Gasteiger partial charge in [0.05, 0.1) is 11.5 Å². The standard InChI is InChI=1S/C13H17BrO4S/c1-3-7-12(13(15)18-4-2)19(16,17)11-9-6-5-8-10(11)14/h5-6,8-9,12H,3-4,7H2,1-2H3. The zero-order valence-electron chi connectivity index (χ0n) is 10.9. The first-order chi connectivity index (χ1) is 8.95. The van der Waals surface area contributed by atoms with E-state index in [4.69, 9.17) is 4.74 Å². The Bertz CT molecular complexity index is 539. The van der Waals surface area contributed by atoms with Gasteiger partial charge >= 0.3 is 5.97 Å². The topological polar surface area (TPSA) is 60.4 Å². The predicted molar refractivity (Wildman–Crippen MR) is 76.7 cm³/mol. The summed E-state index contributed by atoms with van der Waals surface area (Å²) in [5.74, 6) is -0.680. The second-order valence-corrected chi connectivity index (χ2v) is 6.96. The third-order valence-electron chi connectivity index (χ3n) is 2.62. The first-order valence-corrected chi connectivity index (χ1v) is 8.44. The molecule has 0 heterocycles. The average molecular weight is 349 g/mol.